The summed E-state index contributed by atoms with van der Waals surface area (Å²) in [7, 11) is 3.19. The zero-order chi connectivity index (χ0) is 15.2. The van der Waals surface area contributed by atoms with Crippen LogP contribution >= 0.6 is 0 Å². The summed E-state index contributed by atoms with van der Waals surface area (Å²) in [5, 5.41) is 13.6. The normalized spacial score (nSPS) is 22.0. The van der Waals surface area contributed by atoms with Crippen LogP contribution in [0.1, 0.15) is 38.2 Å². The first-order chi connectivity index (χ1) is 10.1. The Morgan fingerprint density at radius 1 is 1.14 bits per heavy atom. The van der Waals surface area contributed by atoms with Crippen LogP contribution in [-0.4, -0.2) is 25.9 Å². The van der Waals surface area contributed by atoms with Crippen molar-refractivity contribution in [2.24, 2.45) is 11.8 Å². The average molecular weight is 293 g/mol. The van der Waals surface area contributed by atoms with E-state index in [1.807, 2.05) is 0 Å². The molecule has 0 aromatic heterocycles. The average Bonchev–Trinajstić information content (AvgIpc) is 2.50. The van der Waals surface area contributed by atoms with E-state index in [0.717, 1.165) is 23.9 Å². The molecule has 0 heterocycles. The van der Waals surface area contributed by atoms with E-state index >= 15 is 0 Å². The van der Waals surface area contributed by atoms with Crippen LogP contribution < -0.4 is 14.8 Å². The quantitative estimate of drug-likeness (QED) is 0.844. The van der Waals surface area contributed by atoms with Crippen molar-refractivity contribution in [2.75, 3.05) is 20.8 Å². The van der Waals surface area contributed by atoms with Gasteiger partial charge in [0.15, 0.2) is 0 Å². The van der Waals surface area contributed by atoms with Crippen LogP contribution in [0.2, 0.25) is 0 Å². The molecule has 1 aliphatic carbocycles. The van der Waals surface area contributed by atoms with Crippen LogP contribution in [0.15, 0.2) is 12.1 Å². The van der Waals surface area contributed by atoms with Crippen molar-refractivity contribution < 1.29 is 14.6 Å². The SMILES string of the molecule is COc1cc(O)c(CNCC2CCC(C)CC2)c(OC)c1. The van der Waals surface area contributed by atoms with Crippen molar-refractivity contribution in [2.45, 2.75) is 39.2 Å². The van der Waals surface area contributed by atoms with Crippen molar-refractivity contribution in [1.82, 2.24) is 5.32 Å². The minimum atomic E-state index is 0.218. The highest BCUT2D eigenvalue weighted by atomic mass is 16.5. The number of ether oxygens (including phenoxy) is 2. The lowest BCUT2D eigenvalue weighted by Gasteiger charge is -2.26. The number of benzene rings is 1. The third-order valence-electron chi connectivity index (χ3n) is 4.48. The molecule has 0 bridgehead atoms. The molecule has 0 aliphatic heterocycles. The number of phenolic OH excluding ortho intramolecular Hbond substituents is 1. The first-order valence-electron chi connectivity index (χ1n) is 7.78. The summed E-state index contributed by atoms with van der Waals surface area (Å²) < 4.78 is 10.5. The van der Waals surface area contributed by atoms with E-state index in [4.69, 9.17) is 9.47 Å². The van der Waals surface area contributed by atoms with Crippen molar-refractivity contribution in [1.29, 1.82) is 0 Å². The Labute approximate surface area is 127 Å². The first kappa shape index (κ1) is 16.0. The van der Waals surface area contributed by atoms with Crippen LogP contribution in [-0.2, 0) is 6.54 Å². The highest BCUT2D eigenvalue weighted by Crippen LogP contribution is 2.33. The lowest BCUT2D eigenvalue weighted by atomic mass is 9.83. The standard InChI is InChI=1S/C17H27NO3/c1-12-4-6-13(7-5-12)10-18-11-15-16(19)8-14(20-2)9-17(15)21-3/h8-9,12-13,18-19H,4-7,10-11H2,1-3H3. The second-order valence-corrected chi connectivity index (χ2v) is 6.08. The lowest BCUT2D eigenvalue weighted by molar-refractivity contribution is 0.280. The molecule has 21 heavy (non-hydrogen) atoms. The molecule has 0 spiro atoms. The Kier molecular flexibility index (Phi) is 5.74. The van der Waals surface area contributed by atoms with Gasteiger partial charge in [-0.25, -0.2) is 0 Å². The summed E-state index contributed by atoms with van der Waals surface area (Å²) in [4.78, 5) is 0. The molecule has 0 atom stereocenters. The van der Waals surface area contributed by atoms with E-state index in [-0.39, 0.29) is 5.75 Å². The minimum absolute atomic E-state index is 0.218. The molecule has 1 aromatic carbocycles. The maximum atomic E-state index is 10.1. The van der Waals surface area contributed by atoms with Crippen LogP contribution in [0, 0.1) is 11.8 Å². The van der Waals surface area contributed by atoms with Crippen LogP contribution in [0.5, 0.6) is 17.2 Å². The van der Waals surface area contributed by atoms with E-state index in [1.54, 1.807) is 26.4 Å². The summed E-state index contributed by atoms with van der Waals surface area (Å²) >= 11 is 0. The van der Waals surface area contributed by atoms with Gasteiger partial charge in [-0.1, -0.05) is 19.8 Å². The zero-order valence-electron chi connectivity index (χ0n) is 13.3. The van der Waals surface area contributed by atoms with Crippen LogP contribution in [0.4, 0.5) is 0 Å². The number of nitrogens with one attached hydrogen (secondary N) is 1. The smallest absolute Gasteiger partial charge is 0.130 e. The summed E-state index contributed by atoms with van der Waals surface area (Å²) in [5.41, 5.74) is 0.794. The summed E-state index contributed by atoms with van der Waals surface area (Å²) in [6.07, 6.45) is 5.28. The molecule has 4 nitrogen and oxygen atoms in total. The first-order valence-corrected chi connectivity index (χ1v) is 7.78. The van der Waals surface area contributed by atoms with E-state index in [2.05, 4.69) is 12.2 Å². The van der Waals surface area contributed by atoms with Crippen molar-refractivity contribution >= 4 is 0 Å². The summed E-state index contributed by atoms with van der Waals surface area (Å²) in [5.74, 6) is 3.13. The Bertz CT molecular complexity index is 454. The molecule has 1 aliphatic rings. The Hall–Kier alpha value is -1.42. The molecule has 4 heteroatoms. The minimum Gasteiger partial charge on any atom is -0.507 e. The van der Waals surface area contributed by atoms with Gasteiger partial charge in [-0.05, 0) is 31.2 Å². The third kappa shape index (κ3) is 4.27. The summed E-state index contributed by atoms with van der Waals surface area (Å²) in [6.45, 7) is 3.95. The number of hydrogen-bond donors (Lipinski definition) is 2. The number of methoxy groups -OCH3 is 2. The van der Waals surface area contributed by atoms with Gasteiger partial charge in [0.2, 0.25) is 0 Å². The van der Waals surface area contributed by atoms with E-state index in [0.29, 0.717) is 18.0 Å². The van der Waals surface area contributed by atoms with Crippen LogP contribution in [0.3, 0.4) is 0 Å². The highest BCUT2D eigenvalue weighted by Gasteiger charge is 2.18. The number of hydrogen-bond acceptors (Lipinski definition) is 4. The third-order valence-corrected chi connectivity index (χ3v) is 4.48. The fraction of sp³-hybridized carbons (Fsp3) is 0.647. The van der Waals surface area contributed by atoms with Gasteiger partial charge in [0.05, 0.1) is 14.2 Å². The molecule has 1 aromatic rings. The van der Waals surface area contributed by atoms with Gasteiger partial charge < -0.3 is 19.9 Å². The molecule has 1 saturated carbocycles. The highest BCUT2D eigenvalue weighted by molar-refractivity contribution is 5.49. The molecule has 0 amide bonds. The fourth-order valence-corrected chi connectivity index (χ4v) is 3.02. The molecule has 1 fully saturated rings. The van der Waals surface area contributed by atoms with Gasteiger partial charge in [-0.15, -0.1) is 0 Å². The van der Waals surface area contributed by atoms with Gasteiger partial charge in [-0.2, -0.15) is 0 Å². The maximum Gasteiger partial charge on any atom is 0.130 e. The molecule has 0 saturated heterocycles. The summed E-state index contributed by atoms with van der Waals surface area (Å²) in [6, 6.07) is 3.43. The molecule has 118 valence electrons. The zero-order valence-corrected chi connectivity index (χ0v) is 13.3. The topological polar surface area (TPSA) is 50.7 Å². The van der Waals surface area contributed by atoms with E-state index in [9.17, 15) is 5.11 Å². The molecular formula is C17H27NO3. The van der Waals surface area contributed by atoms with Gasteiger partial charge in [-0.3, -0.25) is 0 Å². The van der Waals surface area contributed by atoms with Crippen molar-refractivity contribution in [3.8, 4) is 17.2 Å². The van der Waals surface area contributed by atoms with Gasteiger partial charge >= 0.3 is 0 Å². The Morgan fingerprint density at radius 3 is 2.48 bits per heavy atom. The number of phenols is 1. The van der Waals surface area contributed by atoms with Gasteiger partial charge in [0.1, 0.15) is 17.2 Å². The van der Waals surface area contributed by atoms with Crippen molar-refractivity contribution in [3.05, 3.63) is 17.7 Å². The molecule has 2 rings (SSSR count). The van der Waals surface area contributed by atoms with E-state index < -0.39 is 0 Å². The number of rotatable bonds is 6. The van der Waals surface area contributed by atoms with Gasteiger partial charge in [0.25, 0.3) is 0 Å². The predicted octanol–water partition coefficient (Wildman–Crippen LogP) is 3.33. The van der Waals surface area contributed by atoms with Gasteiger partial charge in [0, 0.05) is 24.2 Å². The second-order valence-electron chi connectivity index (χ2n) is 6.08. The second kappa shape index (κ2) is 7.55. The molecule has 2 N–H and O–H groups in total. The molecular weight excluding hydrogens is 266 g/mol. The van der Waals surface area contributed by atoms with Crippen LogP contribution in [0.25, 0.3) is 0 Å². The Balaban J connectivity index is 1.90. The molecule has 0 radical (unpaired) electrons. The Morgan fingerprint density at radius 2 is 1.86 bits per heavy atom. The largest absolute Gasteiger partial charge is 0.507 e. The van der Waals surface area contributed by atoms with Crippen molar-refractivity contribution in [3.63, 3.8) is 0 Å². The molecule has 0 unspecified atom stereocenters. The monoisotopic (exact) mass is 293 g/mol. The lowest BCUT2D eigenvalue weighted by Crippen LogP contribution is -2.25. The maximum absolute atomic E-state index is 10.1. The fourth-order valence-electron chi connectivity index (χ4n) is 3.02. The number of aromatic hydroxyl groups is 1. The predicted molar refractivity (Wildman–Crippen MR) is 84.0 cm³/mol. The van der Waals surface area contributed by atoms with E-state index in [1.165, 1.54) is 25.7 Å².